The fourth-order valence-electron chi connectivity index (χ4n) is 3.48. The second-order valence-corrected chi connectivity index (χ2v) is 9.96. The van der Waals surface area contributed by atoms with Crippen LogP contribution in [0.1, 0.15) is 59.3 Å². The lowest BCUT2D eigenvalue weighted by molar-refractivity contribution is 0.0939. The van der Waals surface area contributed by atoms with Gasteiger partial charge in [-0.15, -0.1) is 0 Å². The molecule has 1 N–H and O–H groups in total. The third-order valence-corrected chi connectivity index (χ3v) is 7.89. The van der Waals surface area contributed by atoms with Crippen molar-refractivity contribution in [3.8, 4) is 0 Å². The lowest BCUT2D eigenvalue weighted by Gasteiger charge is -2.26. The summed E-state index contributed by atoms with van der Waals surface area (Å²) < 4.78 is 27.5. The number of hydrogen-bond acceptors (Lipinski definition) is 3. The van der Waals surface area contributed by atoms with E-state index in [4.69, 9.17) is 11.6 Å². The number of hydrogen-bond donors (Lipinski definition) is 1. The molecule has 1 aliphatic rings. The Bertz CT molecular complexity index is 1010. The molecule has 2 aromatic rings. The number of carbonyl (C=O) groups is 1. The van der Waals surface area contributed by atoms with E-state index in [0.29, 0.717) is 13.1 Å². The molecule has 0 spiro atoms. The van der Waals surface area contributed by atoms with Crippen LogP contribution >= 0.6 is 11.6 Å². The lowest BCUT2D eigenvalue weighted by atomic mass is 10.0. The van der Waals surface area contributed by atoms with Crippen molar-refractivity contribution in [2.45, 2.75) is 51.0 Å². The van der Waals surface area contributed by atoms with Crippen molar-refractivity contribution in [3.05, 3.63) is 63.7 Å². The average molecular weight is 435 g/mol. The minimum absolute atomic E-state index is 0.00690. The van der Waals surface area contributed by atoms with Gasteiger partial charge in [0.15, 0.2) is 0 Å². The second-order valence-electron chi connectivity index (χ2n) is 7.65. The standard InChI is InChI=1S/C22H27ClN2O3S/c1-15-7-8-18(13-16(15)2)17(3)24-22(26)19-9-10-20(23)21(14-19)29(27,28)25-11-5-4-6-12-25/h7-10,13-14,17H,4-6,11-12H2,1-3H3,(H,24,26)/t17-/m0/s1. The molecule has 0 radical (unpaired) electrons. The van der Waals surface area contributed by atoms with Crippen molar-refractivity contribution in [1.29, 1.82) is 0 Å². The molecule has 0 aromatic heterocycles. The number of amides is 1. The third kappa shape index (κ3) is 4.82. The summed E-state index contributed by atoms with van der Waals surface area (Å²) in [5.74, 6) is -0.331. The fraction of sp³-hybridized carbons (Fsp3) is 0.409. The van der Waals surface area contributed by atoms with Crippen molar-refractivity contribution in [3.63, 3.8) is 0 Å². The maximum atomic E-state index is 13.0. The minimum atomic E-state index is -3.72. The van der Waals surface area contributed by atoms with Crippen LogP contribution in [-0.2, 0) is 10.0 Å². The normalized spacial score (nSPS) is 16.4. The highest BCUT2D eigenvalue weighted by atomic mass is 35.5. The molecule has 0 saturated carbocycles. The number of carbonyl (C=O) groups excluding carboxylic acids is 1. The van der Waals surface area contributed by atoms with E-state index < -0.39 is 10.0 Å². The summed E-state index contributed by atoms with van der Waals surface area (Å²) in [6, 6.07) is 10.3. The molecule has 1 amide bonds. The number of aryl methyl sites for hydroxylation is 2. The molecule has 1 saturated heterocycles. The van der Waals surface area contributed by atoms with Gasteiger partial charge in [0, 0.05) is 18.7 Å². The van der Waals surface area contributed by atoms with Gasteiger partial charge in [-0.1, -0.05) is 36.2 Å². The highest BCUT2D eigenvalue weighted by molar-refractivity contribution is 7.89. The van der Waals surface area contributed by atoms with Crippen LogP contribution in [0, 0.1) is 13.8 Å². The van der Waals surface area contributed by atoms with E-state index in [0.717, 1.165) is 30.4 Å². The van der Waals surface area contributed by atoms with Crippen LogP contribution in [0.2, 0.25) is 5.02 Å². The highest BCUT2D eigenvalue weighted by Gasteiger charge is 2.29. The van der Waals surface area contributed by atoms with Crippen molar-refractivity contribution in [1.82, 2.24) is 9.62 Å². The zero-order valence-corrected chi connectivity index (χ0v) is 18.6. The van der Waals surface area contributed by atoms with Gasteiger partial charge in [-0.05, 0) is 68.5 Å². The third-order valence-electron chi connectivity index (χ3n) is 5.50. The summed E-state index contributed by atoms with van der Waals surface area (Å²) in [5, 5.41) is 3.08. The van der Waals surface area contributed by atoms with Crippen LogP contribution in [0.3, 0.4) is 0 Å². The molecule has 0 unspecified atom stereocenters. The van der Waals surface area contributed by atoms with Gasteiger partial charge in [-0.25, -0.2) is 8.42 Å². The van der Waals surface area contributed by atoms with Gasteiger partial charge in [0.1, 0.15) is 4.90 Å². The maximum Gasteiger partial charge on any atom is 0.251 e. The largest absolute Gasteiger partial charge is 0.346 e. The zero-order valence-electron chi connectivity index (χ0n) is 17.0. The Morgan fingerprint density at radius 2 is 1.72 bits per heavy atom. The Kier molecular flexibility index (Phi) is 6.66. The molecule has 0 aliphatic carbocycles. The van der Waals surface area contributed by atoms with Crippen molar-refractivity contribution in [2.75, 3.05) is 13.1 Å². The van der Waals surface area contributed by atoms with Gasteiger partial charge in [0.2, 0.25) is 10.0 Å². The zero-order chi connectivity index (χ0) is 21.2. The predicted molar refractivity (Wildman–Crippen MR) is 116 cm³/mol. The number of nitrogens with one attached hydrogen (secondary N) is 1. The van der Waals surface area contributed by atoms with E-state index in [1.807, 2.05) is 39.0 Å². The summed E-state index contributed by atoms with van der Waals surface area (Å²) in [6.07, 6.45) is 2.70. The van der Waals surface area contributed by atoms with Crippen molar-refractivity contribution >= 4 is 27.5 Å². The quantitative estimate of drug-likeness (QED) is 0.746. The van der Waals surface area contributed by atoms with Gasteiger partial charge in [0.05, 0.1) is 11.1 Å². The molecule has 1 fully saturated rings. The Morgan fingerprint density at radius 1 is 1.03 bits per heavy atom. The SMILES string of the molecule is Cc1ccc([C@H](C)NC(=O)c2ccc(Cl)c(S(=O)(=O)N3CCCCC3)c2)cc1C. The molecular formula is C22H27ClN2O3S. The number of rotatable bonds is 5. The first-order valence-corrected chi connectivity index (χ1v) is 11.7. The molecule has 0 bridgehead atoms. The summed E-state index contributed by atoms with van der Waals surface area (Å²) in [6.45, 7) is 6.95. The number of piperidine rings is 1. The van der Waals surface area contributed by atoms with Gasteiger partial charge in [-0.2, -0.15) is 4.31 Å². The average Bonchev–Trinajstić information content (AvgIpc) is 2.70. The molecule has 156 valence electrons. The summed E-state index contributed by atoms with van der Waals surface area (Å²) in [5.41, 5.74) is 3.62. The van der Waals surface area contributed by atoms with Crippen LogP contribution in [-0.4, -0.2) is 31.7 Å². The molecule has 2 aromatic carbocycles. The summed E-state index contributed by atoms with van der Waals surface area (Å²) in [4.78, 5) is 12.8. The van der Waals surface area contributed by atoms with Crippen LogP contribution < -0.4 is 5.32 Å². The van der Waals surface area contributed by atoms with Gasteiger partial charge >= 0.3 is 0 Å². The first-order chi connectivity index (χ1) is 13.7. The van der Waals surface area contributed by atoms with Crippen molar-refractivity contribution < 1.29 is 13.2 Å². The molecule has 1 heterocycles. The Labute approximate surface area is 178 Å². The van der Waals surface area contributed by atoms with E-state index in [-0.39, 0.29) is 27.4 Å². The first kappa shape index (κ1) is 21.8. The Morgan fingerprint density at radius 3 is 2.38 bits per heavy atom. The van der Waals surface area contributed by atoms with E-state index in [2.05, 4.69) is 5.32 Å². The topological polar surface area (TPSA) is 66.5 Å². The van der Waals surface area contributed by atoms with Crippen LogP contribution in [0.25, 0.3) is 0 Å². The maximum absolute atomic E-state index is 13.0. The molecule has 1 atom stereocenters. The van der Waals surface area contributed by atoms with Gasteiger partial charge < -0.3 is 5.32 Å². The Hall–Kier alpha value is -1.89. The monoisotopic (exact) mass is 434 g/mol. The van der Waals surface area contributed by atoms with E-state index in [1.165, 1.54) is 22.0 Å². The predicted octanol–water partition coefficient (Wildman–Crippen LogP) is 4.62. The number of nitrogens with zero attached hydrogens (tertiary/aromatic N) is 1. The summed E-state index contributed by atoms with van der Waals surface area (Å²) >= 11 is 6.20. The van der Waals surface area contributed by atoms with Gasteiger partial charge in [0.25, 0.3) is 5.91 Å². The molecule has 5 nitrogen and oxygen atoms in total. The molecule has 1 aliphatic heterocycles. The minimum Gasteiger partial charge on any atom is -0.346 e. The van der Waals surface area contributed by atoms with Crippen molar-refractivity contribution in [2.24, 2.45) is 0 Å². The fourth-order valence-corrected chi connectivity index (χ4v) is 5.50. The van der Waals surface area contributed by atoms with Gasteiger partial charge in [-0.3, -0.25) is 4.79 Å². The smallest absolute Gasteiger partial charge is 0.251 e. The second kappa shape index (κ2) is 8.86. The highest BCUT2D eigenvalue weighted by Crippen LogP contribution is 2.28. The van der Waals surface area contributed by atoms with Crippen LogP contribution in [0.4, 0.5) is 0 Å². The Balaban J connectivity index is 1.82. The molecule has 3 rings (SSSR count). The summed E-state index contributed by atoms with van der Waals surface area (Å²) in [7, 11) is -3.72. The molecule has 7 heteroatoms. The van der Waals surface area contributed by atoms with E-state index in [9.17, 15) is 13.2 Å². The van der Waals surface area contributed by atoms with E-state index >= 15 is 0 Å². The molecule has 29 heavy (non-hydrogen) atoms. The lowest BCUT2D eigenvalue weighted by Crippen LogP contribution is -2.36. The number of halogens is 1. The number of sulfonamides is 1. The van der Waals surface area contributed by atoms with E-state index in [1.54, 1.807) is 6.07 Å². The van der Waals surface area contributed by atoms with Crippen LogP contribution in [0.15, 0.2) is 41.3 Å². The first-order valence-electron chi connectivity index (χ1n) is 9.88. The van der Waals surface area contributed by atoms with Crippen LogP contribution in [0.5, 0.6) is 0 Å². The molecular weight excluding hydrogens is 408 g/mol. The number of benzene rings is 2.